The van der Waals surface area contributed by atoms with Crippen molar-refractivity contribution in [2.45, 2.75) is 25.7 Å². The number of nitrogens with two attached hydrogens (primary N) is 1. The molecule has 92 valence electrons. The molecule has 1 aliphatic heterocycles. The Morgan fingerprint density at radius 1 is 1.41 bits per heavy atom. The first-order chi connectivity index (χ1) is 8.11. The van der Waals surface area contributed by atoms with E-state index in [2.05, 4.69) is 0 Å². The largest absolute Gasteiger partial charge is 0.381 e. The molecule has 1 fully saturated rings. The quantitative estimate of drug-likeness (QED) is 0.856. The number of carbonyl (C=O) groups excluding carboxylic acids is 1. The van der Waals surface area contributed by atoms with Crippen molar-refractivity contribution >= 4 is 5.91 Å². The second kappa shape index (κ2) is 4.84. The van der Waals surface area contributed by atoms with Crippen LogP contribution in [-0.4, -0.2) is 19.1 Å². The van der Waals surface area contributed by atoms with Gasteiger partial charge in [-0.25, -0.2) is 4.39 Å². The van der Waals surface area contributed by atoms with Gasteiger partial charge in [-0.1, -0.05) is 6.07 Å². The number of primary amides is 1. The molecule has 1 aliphatic rings. The van der Waals surface area contributed by atoms with E-state index in [0.29, 0.717) is 24.7 Å². The Balaban J connectivity index is 2.41. The van der Waals surface area contributed by atoms with Crippen molar-refractivity contribution < 1.29 is 13.9 Å². The van der Waals surface area contributed by atoms with E-state index in [1.807, 2.05) is 0 Å². The van der Waals surface area contributed by atoms with Gasteiger partial charge in [0.2, 0.25) is 0 Å². The molecule has 0 aliphatic carbocycles. The van der Waals surface area contributed by atoms with E-state index >= 15 is 0 Å². The summed E-state index contributed by atoms with van der Waals surface area (Å²) in [7, 11) is 0. The molecule has 0 saturated carbocycles. The summed E-state index contributed by atoms with van der Waals surface area (Å²) in [5.74, 6) is -0.901. The Morgan fingerprint density at radius 3 is 2.65 bits per heavy atom. The number of hydrogen-bond acceptors (Lipinski definition) is 2. The van der Waals surface area contributed by atoms with Gasteiger partial charge < -0.3 is 10.5 Å². The monoisotopic (exact) mass is 237 g/mol. The molecule has 1 aromatic rings. The SMILES string of the molecule is Cc1c(C2CCOCC2)ccc(F)c1C(N)=O. The molecule has 0 bridgehead atoms. The maximum Gasteiger partial charge on any atom is 0.251 e. The van der Waals surface area contributed by atoms with Gasteiger partial charge in [0, 0.05) is 13.2 Å². The van der Waals surface area contributed by atoms with Crippen LogP contribution in [0.25, 0.3) is 0 Å². The van der Waals surface area contributed by atoms with Crippen molar-refractivity contribution in [3.8, 4) is 0 Å². The van der Waals surface area contributed by atoms with Crippen LogP contribution >= 0.6 is 0 Å². The Hall–Kier alpha value is -1.42. The molecule has 3 nitrogen and oxygen atoms in total. The molecule has 4 heteroatoms. The van der Waals surface area contributed by atoms with Gasteiger partial charge in [0.05, 0.1) is 5.56 Å². The summed E-state index contributed by atoms with van der Waals surface area (Å²) >= 11 is 0. The number of benzene rings is 1. The van der Waals surface area contributed by atoms with Crippen LogP contribution < -0.4 is 5.73 Å². The van der Waals surface area contributed by atoms with Crippen molar-refractivity contribution in [3.63, 3.8) is 0 Å². The van der Waals surface area contributed by atoms with Crippen molar-refractivity contribution in [1.82, 2.24) is 0 Å². The average molecular weight is 237 g/mol. The third kappa shape index (κ3) is 2.31. The lowest BCUT2D eigenvalue weighted by Gasteiger charge is -2.24. The number of halogens is 1. The molecule has 0 spiro atoms. The van der Waals surface area contributed by atoms with Gasteiger partial charge >= 0.3 is 0 Å². The average Bonchev–Trinajstić information content (AvgIpc) is 2.30. The molecule has 1 heterocycles. The van der Waals surface area contributed by atoms with E-state index in [9.17, 15) is 9.18 Å². The van der Waals surface area contributed by atoms with Gasteiger partial charge in [0.25, 0.3) is 5.91 Å². The Morgan fingerprint density at radius 2 is 2.06 bits per heavy atom. The summed E-state index contributed by atoms with van der Waals surface area (Å²) < 4.78 is 18.8. The van der Waals surface area contributed by atoms with Crippen molar-refractivity contribution in [2.75, 3.05) is 13.2 Å². The zero-order valence-corrected chi connectivity index (χ0v) is 9.83. The van der Waals surface area contributed by atoms with Crippen LogP contribution in [-0.2, 0) is 4.74 Å². The molecule has 1 aromatic carbocycles. The summed E-state index contributed by atoms with van der Waals surface area (Å²) in [6.07, 6.45) is 1.81. The smallest absolute Gasteiger partial charge is 0.251 e. The number of hydrogen-bond donors (Lipinski definition) is 1. The first-order valence-corrected chi connectivity index (χ1v) is 5.77. The number of carbonyl (C=O) groups is 1. The second-order valence-electron chi connectivity index (χ2n) is 4.39. The fraction of sp³-hybridized carbons (Fsp3) is 0.462. The second-order valence-corrected chi connectivity index (χ2v) is 4.39. The molecule has 2 rings (SSSR count). The molecule has 0 aromatic heterocycles. The van der Waals surface area contributed by atoms with Gasteiger partial charge in [0.15, 0.2) is 0 Å². The van der Waals surface area contributed by atoms with Crippen LogP contribution in [0, 0.1) is 12.7 Å². The highest BCUT2D eigenvalue weighted by Crippen LogP contribution is 2.31. The normalized spacial score (nSPS) is 17.1. The van der Waals surface area contributed by atoms with E-state index in [0.717, 1.165) is 18.4 Å². The highest BCUT2D eigenvalue weighted by atomic mass is 19.1. The van der Waals surface area contributed by atoms with Crippen LogP contribution in [0.2, 0.25) is 0 Å². The molecule has 2 N–H and O–H groups in total. The number of ether oxygens (including phenoxy) is 1. The molecular formula is C13H16FNO2. The van der Waals surface area contributed by atoms with Crippen LogP contribution in [0.4, 0.5) is 4.39 Å². The topological polar surface area (TPSA) is 52.3 Å². The van der Waals surface area contributed by atoms with E-state index in [4.69, 9.17) is 10.5 Å². The lowest BCUT2D eigenvalue weighted by atomic mass is 9.86. The Labute approximate surface area is 99.8 Å². The number of rotatable bonds is 2. The summed E-state index contributed by atoms with van der Waals surface area (Å²) in [6, 6.07) is 3.09. The molecular weight excluding hydrogens is 221 g/mol. The number of amides is 1. The van der Waals surface area contributed by atoms with E-state index in [1.165, 1.54) is 6.07 Å². The summed E-state index contributed by atoms with van der Waals surface area (Å²) in [5, 5.41) is 0. The lowest BCUT2D eigenvalue weighted by molar-refractivity contribution is 0.0851. The van der Waals surface area contributed by atoms with Gasteiger partial charge in [-0.3, -0.25) is 4.79 Å². The van der Waals surface area contributed by atoms with Crippen LogP contribution in [0.15, 0.2) is 12.1 Å². The summed E-state index contributed by atoms with van der Waals surface area (Å²) in [5.41, 5.74) is 6.92. The molecule has 0 atom stereocenters. The zero-order valence-electron chi connectivity index (χ0n) is 9.83. The van der Waals surface area contributed by atoms with Crippen LogP contribution in [0.3, 0.4) is 0 Å². The maximum absolute atomic E-state index is 13.5. The highest BCUT2D eigenvalue weighted by molar-refractivity contribution is 5.94. The summed E-state index contributed by atoms with van der Waals surface area (Å²) in [6.45, 7) is 3.19. The molecule has 1 amide bonds. The van der Waals surface area contributed by atoms with Crippen molar-refractivity contribution in [1.29, 1.82) is 0 Å². The van der Waals surface area contributed by atoms with Gasteiger partial charge in [-0.05, 0) is 42.9 Å². The van der Waals surface area contributed by atoms with Gasteiger partial charge in [-0.2, -0.15) is 0 Å². The van der Waals surface area contributed by atoms with Crippen molar-refractivity contribution in [2.24, 2.45) is 5.73 Å². The fourth-order valence-corrected chi connectivity index (χ4v) is 2.45. The minimum atomic E-state index is -0.700. The minimum Gasteiger partial charge on any atom is -0.381 e. The lowest BCUT2D eigenvalue weighted by Crippen LogP contribution is -2.19. The maximum atomic E-state index is 13.5. The molecule has 17 heavy (non-hydrogen) atoms. The van der Waals surface area contributed by atoms with E-state index in [-0.39, 0.29) is 5.56 Å². The molecule has 0 radical (unpaired) electrons. The standard InChI is InChI=1S/C13H16FNO2/c1-8-10(9-4-6-17-7-5-9)2-3-11(14)12(8)13(15)16/h2-3,9H,4-7H2,1H3,(H2,15,16). The first-order valence-electron chi connectivity index (χ1n) is 5.77. The van der Waals surface area contributed by atoms with E-state index in [1.54, 1.807) is 13.0 Å². The molecule has 0 unspecified atom stereocenters. The first kappa shape index (κ1) is 12.0. The fourth-order valence-electron chi connectivity index (χ4n) is 2.45. The van der Waals surface area contributed by atoms with Crippen LogP contribution in [0.1, 0.15) is 40.2 Å². The highest BCUT2D eigenvalue weighted by Gasteiger charge is 2.22. The van der Waals surface area contributed by atoms with Gasteiger partial charge in [0.1, 0.15) is 5.82 Å². The predicted octanol–water partition coefficient (Wildman–Crippen LogP) is 2.13. The molecule has 1 saturated heterocycles. The third-order valence-corrected chi connectivity index (χ3v) is 3.36. The minimum absolute atomic E-state index is 0.0222. The van der Waals surface area contributed by atoms with E-state index < -0.39 is 11.7 Å². The van der Waals surface area contributed by atoms with Crippen LogP contribution in [0.5, 0.6) is 0 Å². The zero-order chi connectivity index (χ0) is 12.4. The Kier molecular flexibility index (Phi) is 3.43. The Bertz CT molecular complexity index is 439. The van der Waals surface area contributed by atoms with Crippen molar-refractivity contribution in [3.05, 3.63) is 34.6 Å². The van der Waals surface area contributed by atoms with Gasteiger partial charge in [-0.15, -0.1) is 0 Å². The predicted molar refractivity (Wildman–Crippen MR) is 62.4 cm³/mol. The third-order valence-electron chi connectivity index (χ3n) is 3.36. The summed E-state index contributed by atoms with van der Waals surface area (Å²) in [4.78, 5) is 11.2.